The Kier molecular flexibility index (Phi) is 4.23. The minimum atomic E-state index is -1.28. The van der Waals surface area contributed by atoms with Crippen molar-refractivity contribution in [3.63, 3.8) is 0 Å². The minimum Gasteiger partial charge on any atom is -0.481 e. The van der Waals surface area contributed by atoms with Crippen LogP contribution in [-0.4, -0.2) is 28.1 Å². The van der Waals surface area contributed by atoms with E-state index < -0.39 is 36.0 Å². The second-order valence-corrected chi connectivity index (χ2v) is 7.05. The topological polar surface area (TPSA) is 79.7 Å². The van der Waals surface area contributed by atoms with E-state index in [1.54, 1.807) is 12.1 Å². The molecule has 1 amide bonds. The molecular formula is C18H12F2N2O4S. The number of para-hydroxylation sites is 1. The summed E-state index contributed by atoms with van der Waals surface area (Å²) in [5.74, 6) is -2.74. The largest absolute Gasteiger partial charge is 0.481 e. The maximum absolute atomic E-state index is 13.9. The Balaban J connectivity index is 1.73. The fourth-order valence-corrected chi connectivity index (χ4v) is 3.89. The molecule has 0 saturated carbocycles. The molecule has 0 saturated heterocycles. The molecule has 0 spiro atoms. The average molecular weight is 390 g/mol. The number of carboxylic acids is 1. The predicted octanol–water partition coefficient (Wildman–Crippen LogP) is 3.34. The second-order valence-electron chi connectivity index (χ2n) is 5.93. The SMILES string of the molecule is O=C(O)CC1Oc2cc(F)ccc2N(Cc2nc3c(F)cccc3s2)C1=O. The highest BCUT2D eigenvalue weighted by molar-refractivity contribution is 7.18. The van der Waals surface area contributed by atoms with E-state index in [1.807, 2.05) is 0 Å². The number of carbonyl (C=O) groups excluding carboxylic acids is 1. The van der Waals surface area contributed by atoms with Crippen LogP contribution in [0.25, 0.3) is 10.2 Å². The van der Waals surface area contributed by atoms with Crippen LogP contribution in [0.3, 0.4) is 0 Å². The smallest absolute Gasteiger partial charge is 0.307 e. The normalized spacial score (nSPS) is 16.3. The van der Waals surface area contributed by atoms with E-state index >= 15 is 0 Å². The molecule has 4 rings (SSSR count). The first-order chi connectivity index (χ1) is 12.9. The molecule has 0 aliphatic carbocycles. The van der Waals surface area contributed by atoms with Gasteiger partial charge in [-0.2, -0.15) is 0 Å². The van der Waals surface area contributed by atoms with Gasteiger partial charge in [0, 0.05) is 6.07 Å². The van der Waals surface area contributed by atoms with Gasteiger partial charge in [0.2, 0.25) is 0 Å². The highest BCUT2D eigenvalue weighted by Gasteiger charge is 2.36. The Labute approximate surface area is 155 Å². The summed E-state index contributed by atoms with van der Waals surface area (Å²) in [5, 5.41) is 9.48. The van der Waals surface area contributed by atoms with E-state index in [1.165, 1.54) is 34.4 Å². The Morgan fingerprint density at radius 3 is 2.85 bits per heavy atom. The lowest BCUT2D eigenvalue weighted by Crippen LogP contribution is -2.46. The number of amides is 1. The van der Waals surface area contributed by atoms with E-state index in [-0.39, 0.29) is 17.8 Å². The van der Waals surface area contributed by atoms with Gasteiger partial charge >= 0.3 is 5.97 Å². The summed E-state index contributed by atoms with van der Waals surface area (Å²) in [5.41, 5.74) is 0.516. The summed E-state index contributed by atoms with van der Waals surface area (Å²) in [6.07, 6.45) is -1.83. The number of rotatable bonds is 4. The number of aliphatic carboxylic acids is 1. The van der Waals surface area contributed by atoms with Crippen LogP contribution in [0.15, 0.2) is 36.4 Å². The molecule has 1 aliphatic rings. The molecule has 1 aromatic heterocycles. The summed E-state index contributed by atoms with van der Waals surface area (Å²) in [7, 11) is 0. The van der Waals surface area contributed by atoms with E-state index in [0.29, 0.717) is 15.4 Å². The quantitative estimate of drug-likeness (QED) is 0.739. The van der Waals surface area contributed by atoms with Crippen molar-refractivity contribution in [2.45, 2.75) is 19.1 Å². The molecule has 27 heavy (non-hydrogen) atoms. The van der Waals surface area contributed by atoms with Gasteiger partial charge < -0.3 is 9.84 Å². The van der Waals surface area contributed by atoms with E-state index in [0.717, 1.165) is 6.07 Å². The first-order valence-electron chi connectivity index (χ1n) is 7.95. The molecule has 0 fully saturated rings. The summed E-state index contributed by atoms with van der Waals surface area (Å²) < 4.78 is 33.5. The van der Waals surface area contributed by atoms with Crippen molar-refractivity contribution in [2.75, 3.05) is 4.90 Å². The second kappa shape index (κ2) is 6.58. The van der Waals surface area contributed by atoms with Gasteiger partial charge in [-0.05, 0) is 24.3 Å². The predicted molar refractivity (Wildman–Crippen MR) is 93.8 cm³/mol. The van der Waals surface area contributed by atoms with Crippen molar-refractivity contribution < 1.29 is 28.2 Å². The summed E-state index contributed by atoms with van der Waals surface area (Å²) in [6, 6.07) is 8.25. The maximum Gasteiger partial charge on any atom is 0.307 e. The third-order valence-electron chi connectivity index (χ3n) is 4.09. The van der Waals surface area contributed by atoms with Crippen molar-refractivity contribution in [3.05, 3.63) is 53.0 Å². The fraction of sp³-hybridized carbons (Fsp3) is 0.167. The van der Waals surface area contributed by atoms with Gasteiger partial charge in [0.15, 0.2) is 6.10 Å². The van der Waals surface area contributed by atoms with Gasteiger partial charge in [-0.25, -0.2) is 13.8 Å². The number of hydrogen-bond donors (Lipinski definition) is 1. The molecule has 138 valence electrons. The Morgan fingerprint density at radius 1 is 1.30 bits per heavy atom. The van der Waals surface area contributed by atoms with E-state index in [4.69, 9.17) is 9.84 Å². The van der Waals surface area contributed by atoms with Gasteiger partial charge in [-0.3, -0.25) is 14.5 Å². The molecule has 1 N–H and O–H groups in total. The summed E-state index contributed by atoms with van der Waals surface area (Å²) in [6.45, 7) is -0.00423. The van der Waals surface area contributed by atoms with Gasteiger partial charge in [0.25, 0.3) is 5.91 Å². The summed E-state index contributed by atoms with van der Waals surface area (Å²) in [4.78, 5) is 29.3. The molecule has 9 heteroatoms. The van der Waals surface area contributed by atoms with Crippen LogP contribution < -0.4 is 9.64 Å². The highest BCUT2D eigenvalue weighted by atomic mass is 32.1. The van der Waals surface area contributed by atoms with Crippen LogP contribution in [-0.2, 0) is 16.1 Å². The number of anilines is 1. The molecule has 2 aromatic carbocycles. The molecule has 2 heterocycles. The number of carboxylic acid groups (broad SMARTS) is 1. The number of benzene rings is 2. The van der Waals surface area contributed by atoms with Crippen molar-refractivity contribution in [3.8, 4) is 5.75 Å². The number of halogens is 2. The Morgan fingerprint density at radius 2 is 2.11 bits per heavy atom. The lowest BCUT2D eigenvalue weighted by atomic mass is 10.1. The van der Waals surface area contributed by atoms with Crippen LogP contribution in [0.5, 0.6) is 5.75 Å². The Hall–Kier alpha value is -3.07. The molecule has 1 unspecified atom stereocenters. The minimum absolute atomic E-state index is 0.00423. The van der Waals surface area contributed by atoms with Gasteiger partial charge in [-0.15, -0.1) is 11.3 Å². The van der Waals surface area contributed by atoms with Crippen LogP contribution in [0, 0.1) is 11.6 Å². The third-order valence-corrected chi connectivity index (χ3v) is 5.10. The zero-order chi connectivity index (χ0) is 19.1. The van der Waals surface area contributed by atoms with Crippen molar-refractivity contribution in [1.29, 1.82) is 0 Å². The number of hydrogen-bond acceptors (Lipinski definition) is 5. The van der Waals surface area contributed by atoms with Gasteiger partial charge in [0.1, 0.15) is 27.9 Å². The number of thiazole rings is 1. The number of ether oxygens (including phenoxy) is 1. The van der Waals surface area contributed by atoms with Crippen LogP contribution in [0.4, 0.5) is 14.5 Å². The first kappa shape index (κ1) is 17.3. The number of nitrogens with zero attached hydrogens (tertiary/aromatic N) is 2. The standard InChI is InChI=1S/C18H12F2N2O4S/c19-9-4-5-11-12(6-9)26-13(7-16(23)24)18(25)22(11)8-15-21-17-10(20)2-1-3-14(17)27-15/h1-6,13H,7-8H2,(H,23,24). The van der Waals surface area contributed by atoms with Crippen molar-refractivity contribution >= 4 is 39.1 Å². The molecular weight excluding hydrogens is 378 g/mol. The zero-order valence-corrected chi connectivity index (χ0v) is 14.5. The van der Waals surface area contributed by atoms with Crippen LogP contribution in [0.1, 0.15) is 11.4 Å². The first-order valence-corrected chi connectivity index (χ1v) is 8.77. The maximum atomic E-state index is 13.9. The molecule has 0 bridgehead atoms. The average Bonchev–Trinajstić information content (AvgIpc) is 3.02. The van der Waals surface area contributed by atoms with Crippen LogP contribution in [0.2, 0.25) is 0 Å². The lowest BCUT2D eigenvalue weighted by Gasteiger charge is -2.33. The van der Waals surface area contributed by atoms with E-state index in [9.17, 15) is 18.4 Å². The molecule has 6 nitrogen and oxygen atoms in total. The molecule has 0 radical (unpaired) electrons. The zero-order valence-electron chi connectivity index (χ0n) is 13.7. The van der Waals surface area contributed by atoms with Gasteiger partial charge in [-0.1, -0.05) is 6.07 Å². The molecule has 1 aliphatic heterocycles. The third kappa shape index (κ3) is 3.21. The summed E-state index contributed by atoms with van der Waals surface area (Å²) >= 11 is 1.22. The Bertz CT molecular complexity index is 1070. The monoisotopic (exact) mass is 390 g/mol. The lowest BCUT2D eigenvalue weighted by molar-refractivity contribution is -0.142. The number of aromatic nitrogens is 1. The molecule has 3 aromatic rings. The number of carbonyl (C=O) groups is 2. The van der Waals surface area contributed by atoms with Crippen LogP contribution >= 0.6 is 11.3 Å². The van der Waals surface area contributed by atoms with Crippen molar-refractivity contribution in [1.82, 2.24) is 4.98 Å². The number of fused-ring (bicyclic) bond motifs is 2. The van der Waals surface area contributed by atoms with E-state index in [2.05, 4.69) is 4.98 Å². The molecule has 1 atom stereocenters. The van der Waals surface area contributed by atoms with Crippen molar-refractivity contribution in [2.24, 2.45) is 0 Å². The highest BCUT2D eigenvalue weighted by Crippen LogP contribution is 2.37. The fourth-order valence-electron chi connectivity index (χ4n) is 2.92. The van der Waals surface area contributed by atoms with Gasteiger partial charge in [0.05, 0.1) is 23.4 Å².